The molecule has 4 heteroatoms. The Morgan fingerprint density at radius 3 is 2.60 bits per heavy atom. The predicted octanol–water partition coefficient (Wildman–Crippen LogP) is 2.51. The lowest BCUT2D eigenvalue weighted by atomic mass is 9.93. The van der Waals surface area contributed by atoms with E-state index in [4.69, 9.17) is 9.47 Å². The Morgan fingerprint density at radius 1 is 1.20 bits per heavy atom. The van der Waals surface area contributed by atoms with Gasteiger partial charge in [0.15, 0.2) is 0 Å². The molecule has 2 heterocycles. The average Bonchev–Trinajstić information content (AvgIpc) is 2.99. The molecule has 0 bridgehead atoms. The molecule has 1 spiro atoms. The maximum absolute atomic E-state index is 12.6. The molecule has 0 N–H and O–H groups in total. The quantitative estimate of drug-likeness (QED) is 0.780. The molecule has 0 aromatic heterocycles. The summed E-state index contributed by atoms with van der Waals surface area (Å²) in [6.07, 6.45) is 7.47. The van der Waals surface area contributed by atoms with E-state index in [9.17, 15) is 4.79 Å². The van der Waals surface area contributed by atoms with Gasteiger partial charge in [0.25, 0.3) is 0 Å². The summed E-state index contributed by atoms with van der Waals surface area (Å²) in [6, 6.07) is 0. The van der Waals surface area contributed by atoms with E-state index in [0.29, 0.717) is 13.0 Å². The Kier molecular flexibility index (Phi) is 3.80. The van der Waals surface area contributed by atoms with Crippen molar-refractivity contribution < 1.29 is 14.3 Å². The number of morpholine rings is 1. The van der Waals surface area contributed by atoms with E-state index < -0.39 is 0 Å². The molecule has 3 aliphatic rings. The van der Waals surface area contributed by atoms with Gasteiger partial charge < -0.3 is 14.4 Å². The zero-order chi connectivity index (χ0) is 14.2. The van der Waals surface area contributed by atoms with Crippen LogP contribution in [-0.2, 0) is 14.3 Å². The fourth-order valence-corrected chi connectivity index (χ4v) is 4.10. The van der Waals surface area contributed by atoms with Crippen LogP contribution < -0.4 is 0 Å². The van der Waals surface area contributed by atoms with Gasteiger partial charge in [0.1, 0.15) is 0 Å². The Bertz CT molecular complexity index is 368. The standard InChI is InChI=1S/C16H27NO3/c1-15(2)11-17(12-16(20-15)7-3-4-8-16)14(18)10-13-6-5-9-19-13/h13H,3-12H2,1-2H3/t13-/m1/s1. The van der Waals surface area contributed by atoms with Crippen molar-refractivity contribution in [2.75, 3.05) is 19.7 Å². The van der Waals surface area contributed by atoms with Gasteiger partial charge in [-0.1, -0.05) is 12.8 Å². The third-order valence-electron chi connectivity index (χ3n) is 4.84. The first-order valence-electron chi connectivity index (χ1n) is 8.08. The highest BCUT2D eigenvalue weighted by atomic mass is 16.5. The smallest absolute Gasteiger partial charge is 0.225 e. The molecule has 4 nitrogen and oxygen atoms in total. The third-order valence-corrected chi connectivity index (χ3v) is 4.84. The Labute approximate surface area is 121 Å². The molecule has 3 rings (SSSR count). The molecule has 1 amide bonds. The number of amides is 1. The largest absolute Gasteiger partial charge is 0.378 e. The number of carbonyl (C=O) groups is 1. The molecular formula is C16H27NO3. The van der Waals surface area contributed by atoms with Crippen LogP contribution in [0, 0.1) is 0 Å². The number of hydrogen-bond donors (Lipinski definition) is 0. The molecule has 114 valence electrons. The lowest BCUT2D eigenvalue weighted by molar-refractivity contribution is -0.199. The number of carbonyl (C=O) groups excluding carboxylic acids is 1. The van der Waals surface area contributed by atoms with Crippen LogP contribution in [0.4, 0.5) is 0 Å². The van der Waals surface area contributed by atoms with Crippen LogP contribution in [0.1, 0.15) is 58.8 Å². The fourth-order valence-electron chi connectivity index (χ4n) is 4.10. The van der Waals surface area contributed by atoms with Gasteiger partial charge in [-0.2, -0.15) is 0 Å². The zero-order valence-corrected chi connectivity index (χ0v) is 12.8. The molecule has 1 aliphatic carbocycles. The topological polar surface area (TPSA) is 38.8 Å². The summed E-state index contributed by atoms with van der Waals surface area (Å²) in [5.41, 5.74) is -0.303. The van der Waals surface area contributed by atoms with E-state index in [1.807, 2.05) is 4.90 Å². The van der Waals surface area contributed by atoms with Crippen molar-refractivity contribution in [3.05, 3.63) is 0 Å². The maximum atomic E-state index is 12.6. The molecule has 0 radical (unpaired) electrons. The number of hydrogen-bond acceptors (Lipinski definition) is 3. The lowest BCUT2D eigenvalue weighted by Crippen LogP contribution is -2.60. The summed E-state index contributed by atoms with van der Waals surface area (Å²) in [5, 5.41) is 0. The van der Waals surface area contributed by atoms with Crippen molar-refractivity contribution in [1.29, 1.82) is 0 Å². The van der Waals surface area contributed by atoms with Gasteiger partial charge in [-0.05, 0) is 39.5 Å². The van der Waals surface area contributed by atoms with Crippen molar-refractivity contribution in [2.24, 2.45) is 0 Å². The van der Waals surface area contributed by atoms with Gasteiger partial charge >= 0.3 is 0 Å². The van der Waals surface area contributed by atoms with Gasteiger partial charge in [-0.25, -0.2) is 0 Å². The summed E-state index contributed by atoms with van der Waals surface area (Å²) >= 11 is 0. The minimum Gasteiger partial charge on any atom is -0.378 e. The second-order valence-electron chi connectivity index (χ2n) is 7.34. The SMILES string of the molecule is CC1(C)CN(C(=O)C[C@H]2CCCO2)CC2(CCCC2)O1. The molecule has 2 aliphatic heterocycles. The van der Waals surface area contributed by atoms with Crippen molar-refractivity contribution in [3.63, 3.8) is 0 Å². The molecule has 0 aromatic rings. The minimum absolute atomic E-state index is 0.0755. The van der Waals surface area contributed by atoms with E-state index in [-0.39, 0.29) is 23.2 Å². The van der Waals surface area contributed by atoms with E-state index >= 15 is 0 Å². The third kappa shape index (κ3) is 3.01. The zero-order valence-electron chi connectivity index (χ0n) is 12.8. The Morgan fingerprint density at radius 2 is 1.95 bits per heavy atom. The molecule has 0 unspecified atom stereocenters. The Balaban J connectivity index is 1.66. The summed E-state index contributed by atoms with van der Waals surface area (Å²) in [4.78, 5) is 14.6. The summed E-state index contributed by atoms with van der Waals surface area (Å²) in [7, 11) is 0. The molecule has 2 saturated heterocycles. The van der Waals surface area contributed by atoms with Crippen LogP contribution in [0.5, 0.6) is 0 Å². The molecule has 20 heavy (non-hydrogen) atoms. The van der Waals surface area contributed by atoms with Gasteiger partial charge in [-0.15, -0.1) is 0 Å². The van der Waals surface area contributed by atoms with Gasteiger partial charge in [0.05, 0.1) is 23.7 Å². The van der Waals surface area contributed by atoms with Crippen molar-refractivity contribution >= 4 is 5.91 Å². The first-order chi connectivity index (χ1) is 9.48. The second kappa shape index (κ2) is 5.30. The van der Waals surface area contributed by atoms with Crippen LogP contribution >= 0.6 is 0 Å². The fraction of sp³-hybridized carbons (Fsp3) is 0.938. The van der Waals surface area contributed by atoms with Gasteiger partial charge in [0, 0.05) is 19.7 Å². The van der Waals surface area contributed by atoms with Crippen LogP contribution in [-0.4, -0.2) is 47.8 Å². The minimum atomic E-state index is -0.227. The molecule has 3 fully saturated rings. The van der Waals surface area contributed by atoms with Crippen LogP contribution in [0.25, 0.3) is 0 Å². The first kappa shape index (κ1) is 14.3. The summed E-state index contributed by atoms with van der Waals surface area (Å²) < 4.78 is 12.0. The molecule has 1 saturated carbocycles. The maximum Gasteiger partial charge on any atom is 0.225 e. The number of nitrogens with zero attached hydrogens (tertiary/aromatic N) is 1. The van der Waals surface area contributed by atoms with Crippen molar-refractivity contribution in [3.8, 4) is 0 Å². The van der Waals surface area contributed by atoms with E-state index in [1.165, 1.54) is 12.8 Å². The predicted molar refractivity (Wildman–Crippen MR) is 76.5 cm³/mol. The molecule has 0 aromatic carbocycles. The van der Waals surface area contributed by atoms with E-state index in [0.717, 1.165) is 38.8 Å². The average molecular weight is 281 g/mol. The number of ether oxygens (including phenoxy) is 2. The lowest BCUT2D eigenvalue weighted by Gasteiger charge is -2.49. The van der Waals surface area contributed by atoms with Gasteiger partial charge in [-0.3, -0.25) is 4.79 Å². The highest BCUT2D eigenvalue weighted by molar-refractivity contribution is 5.77. The van der Waals surface area contributed by atoms with E-state index in [1.54, 1.807) is 0 Å². The van der Waals surface area contributed by atoms with Crippen LogP contribution in [0.2, 0.25) is 0 Å². The monoisotopic (exact) mass is 281 g/mol. The van der Waals surface area contributed by atoms with Crippen molar-refractivity contribution in [1.82, 2.24) is 4.90 Å². The molecule has 1 atom stereocenters. The van der Waals surface area contributed by atoms with Crippen molar-refractivity contribution in [2.45, 2.75) is 76.1 Å². The van der Waals surface area contributed by atoms with Crippen LogP contribution in [0.3, 0.4) is 0 Å². The summed E-state index contributed by atoms with van der Waals surface area (Å²) in [6.45, 7) is 6.52. The van der Waals surface area contributed by atoms with E-state index in [2.05, 4.69) is 13.8 Å². The normalized spacial score (nSPS) is 31.9. The first-order valence-corrected chi connectivity index (χ1v) is 8.08. The van der Waals surface area contributed by atoms with Gasteiger partial charge in [0.2, 0.25) is 5.91 Å². The highest BCUT2D eigenvalue weighted by Crippen LogP contribution is 2.40. The molecular weight excluding hydrogens is 254 g/mol. The summed E-state index contributed by atoms with van der Waals surface area (Å²) in [5.74, 6) is 0.250. The second-order valence-corrected chi connectivity index (χ2v) is 7.34. The van der Waals surface area contributed by atoms with Crippen LogP contribution in [0.15, 0.2) is 0 Å². The number of rotatable bonds is 2. The highest BCUT2D eigenvalue weighted by Gasteiger charge is 2.47. The Hall–Kier alpha value is -0.610.